The van der Waals surface area contributed by atoms with E-state index in [9.17, 15) is 8.78 Å². The standard InChI is InChI=1S/C14H21F2N/c1-3-5-7-11(17-4-2)10-12-13(15)8-6-9-14(12)16/h6,8-9,11,17H,3-5,7,10H2,1-2H3. The third kappa shape index (κ3) is 4.43. The molecule has 1 atom stereocenters. The highest BCUT2D eigenvalue weighted by atomic mass is 19.1. The van der Waals surface area contributed by atoms with Crippen LogP contribution in [-0.2, 0) is 6.42 Å². The van der Waals surface area contributed by atoms with Gasteiger partial charge in [-0.1, -0.05) is 32.8 Å². The molecule has 1 N–H and O–H groups in total. The number of hydrogen-bond acceptors (Lipinski definition) is 1. The van der Waals surface area contributed by atoms with Crippen LogP contribution in [0.2, 0.25) is 0 Å². The quantitative estimate of drug-likeness (QED) is 0.768. The molecule has 0 saturated heterocycles. The van der Waals surface area contributed by atoms with Crippen molar-refractivity contribution < 1.29 is 8.78 Å². The molecule has 0 aliphatic rings. The summed E-state index contributed by atoms with van der Waals surface area (Å²) in [5.41, 5.74) is 0.203. The number of halogens is 2. The van der Waals surface area contributed by atoms with Crippen LogP contribution in [0.5, 0.6) is 0 Å². The molecule has 1 unspecified atom stereocenters. The van der Waals surface area contributed by atoms with Crippen LogP contribution in [-0.4, -0.2) is 12.6 Å². The highest BCUT2D eigenvalue weighted by Gasteiger charge is 2.14. The zero-order chi connectivity index (χ0) is 12.7. The van der Waals surface area contributed by atoms with Crippen molar-refractivity contribution in [2.45, 2.75) is 45.6 Å². The molecule has 17 heavy (non-hydrogen) atoms. The summed E-state index contributed by atoms with van der Waals surface area (Å²) in [5, 5.41) is 3.29. The SMILES string of the molecule is CCCCC(Cc1c(F)cccc1F)NCC. The molecule has 1 aromatic carbocycles. The second-order valence-corrected chi connectivity index (χ2v) is 4.30. The molecule has 0 aromatic heterocycles. The molecule has 0 aliphatic heterocycles. The molecule has 0 spiro atoms. The Bertz CT molecular complexity index is 319. The van der Waals surface area contributed by atoms with Crippen molar-refractivity contribution in [2.75, 3.05) is 6.54 Å². The minimum absolute atomic E-state index is 0.159. The first-order valence-electron chi connectivity index (χ1n) is 6.35. The van der Waals surface area contributed by atoms with Crippen molar-refractivity contribution >= 4 is 0 Å². The number of nitrogens with one attached hydrogen (secondary N) is 1. The van der Waals surface area contributed by atoms with E-state index in [2.05, 4.69) is 12.2 Å². The Kier molecular flexibility index (Phi) is 6.12. The Balaban J connectivity index is 2.70. The smallest absolute Gasteiger partial charge is 0.129 e. The predicted molar refractivity (Wildman–Crippen MR) is 67.1 cm³/mol. The summed E-state index contributed by atoms with van der Waals surface area (Å²) in [6, 6.07) is 4.21. The van der Waals surface area contributed by atoms with Crippen LogP contribution in [0.25, 0.3) is 0 Å². The fraction of sp³-hybridized carbons (Fsp3) is 0.571. The maximum Gasteiger partial charge on any atom is 0.129 e. The summed E-state index contributed by atoms with van der Waals surface area (Å²) < 4.78 is 27.0. The fourth-order valence-corrected chi connectivity index (χ4v) is 1.99. The topological polar surface area (TPSA) is 12.0 Å². The zero-order valence-electron chi connectivity index (χ0n) is 10.6. The molecule has 1 nitrogen and oxygen atoms in total. The van der Waals surface area contributed by atoms with Gasteiger partial charge < -0.3 is 5.32 Å². The second-order valence-electron chi connectivity index (χ2n) is 4.30. The van der Waals surface area contributed by atoms with Gasteiger partial charge in [-0.15, -0.1) is 0 Å². The Morgan fingerprint density at radius 3 is 2.35 bits per heavy atom. The van der Waals surface area contributed by atoms with E-state index in [1.165, 1.54) is 18.2 Å². The average Bonchev–Trinajstić information content (AvgIpc) is 2.31. The van der Waals surface area contributed by atoms with E-state index in [1.807, 2.05) is 6.92 Å². The van der Waals surface area contributed by atoms with Crippen LogP contribution in [0.3, 0.4) is 0 Å². The van der Waals surface area contributed by atoms with Gasteiger partial charge in [0.2, 0.25) is 0 Å². The molecule has 0 amide bonds. The van der Waals surface area contributed by atoms with Gasteiger partial charge >= 0.3 is 0 Å². The van der Waals surface area contributed by atoms with Crippen molar-refractivity contribution in [1.82, 2.24) is 5.32 Å². The van der Waals surface area contributed by atoms with E-state index in [0.717, 1.165) is 25.8 Å². The van der Waals surface area contributed by atoms with E-state index in [1.54, 1.807) is 0 Å². The Morgan fingerprint density at radius 2 is 1.82 bits per heavy atom. The molecule has 0 fully saturated rings. The lowest BCUT2D eigenvalue weighted by Gasteiger charge is -2.18. The molecule has 3 heteroatoms. The van der Waals surface area contributed by atoms with Gasteiger partial charge in [0.25, 0.3) is 0 Å². The minimum atomic E-state index is -0.440. The van der Waals surface area contributed by atoms with E-state index in [4.69, 9.17) is 0 Å². The van der Waals surface area contributed by atoms with Gasteiger partial charge in [-0.2, -0.15) is 0 Å². The summed E-state index contributed by atoms with van der Waals surface area (Å²) in [5.74, 6) is -0.881. The summed E-state index contributed by atoms with van der Waals surface area (Å²) >= 11 is 0. The third-order valence-electron chi connectivity index (χ3n) is 2.91. The first kappa shape index (κ1) is 14.1. The predicted octanol–water partition coefficient (Wildman–Crippen LogP) is 3.68. The van der Waals surface area contributed by atoms with Crippen LogP contribution in [0.1, 0.15) is 38.7 Å². The maximum absolute atomic E-state index is 13.5. The zero-order valence-corrected chi connectivity index (χ0v) is 10.6. The Hall–Kier alpha value is -0.960. The van der Waals surface area contributed by atoms with Crippen molar-refractivity contribution in [1.29, 1.82) is 0 Å². The van der Waals surface area contributed by atoms with Crippen molar-refractivity contribution in [2.24, 2.45) is 0 Å². The summed E-state index contributed by atoms with van der Waals surface area (Å²) in [6.45, 7) is 4.95. The molecule has 0 bridgehead atoms. The van der Waals surface area contributed by atoms with Crippen molar-refractivity contribution in [3.63, 3.8) is 0 Å². The van der Waals surface area contributed by atoms with Crippen molar-refractivity contribution in [3.8, 4) is 0 Å². The van der Waals surface area contributed by atoms with Gasteiger partial charge in [0.1, 0.15) is 11.6 Å². The lowest BCUT2D eigenvalue weighted by Crippen LogP contribution is -2.31. The number of hydrogen-bond donors (Lipinski definition) is 1. The maximum atomic E-state index is 13.5. The minimum Gasteiger partial charge on any atom is -0.314 e. The highest BCUT2D eigenvalue weighted by Crippen LogP contribution is 2.16. The van der Waals surface area contributed by atoms with E-state index >= 15 is 0 Å². The molecule has 0 radical (unpaired) electrons. The first-order chi connectivity index (χ1) is 8.19. The van der Waals surface area contributed by atoms with Crippen LogP contribution in [0.15, 0.2) is 18.2 Å². The number of rotatable bonds is 7. The molecular weight excluding hydrogens is 220 g/mol. The van der Waals surface area contributed by atoms with E-state index < -0.39 is 11.6 Å². The molecule has 96 valence electrons. The normalized spacial score (nSPS) is 12.7. The Labute approximate surface area is 102 Å². The number of benzene rings is 1. The van der Waals surface area contributed by atoms with Gasteiger partial charge in [-0.3, -0.25) is 0 Å². The lowest BCUT2D eigenvalue weighted by atomic mass is 10.00. The molecule has 1 aromatic rings. The molecule has 1 rings (SSSR count). The lowest BCUT2D eigenvalue weighted by molar-refractivity contribution is 0.452. The second kappa shape index (κ2) is 7.38. The number of likely N-dealkylation sites (N-methyl/N-ethyl adjacent to an activating group) is 1. The summed E-state index contributed by atoms with van der Waals surface area (Å²) in [4.78, 5) is 0. The Morgan fingerprint density at radius 1 is 1.18 bits per heavy atom. The monoisotopic (exact) mass is 241 g/mol. The van der Waals surface area contributed by atoms with Crippen LogP contribution in [0.4, 0.5) is 8.78 Å². The molecule has 0 heterocycles. The van der Waals surface area contributed by atoms with Crippen LogP contribution >= 0.6 is 0 Å². The van der Waals surface area contributed by atoms with Gasteiger partial charge in [0, 0.05) is 11.6 Å². The fourth-order valence-electron chi connectivity index (χ4n) is 1.99. The van der Waals surface area contributed by atoms with Crippen LogP contribution < -0.4 is 5.32 Å². The largest absolute Gasteiger partial charge is 0.314 e. The average molecular weight is 241 g/mol. The van der Waals surface area contributed by atoms with Gasteiger partial charge in [0.05, 0.1) is 0 Å². The molecule has 0 aliphatic carbocycles. The summed E-state index contributed by atoms with van der Waals surface area (Å²) in [6.07, 6.45) is 3.56. The third-order valence-corrected chi connectivity index (χ3v) is 2.91. The molecular formula is C14H21F2N. The number of unbranched alkanes of at least 4 members (excludes halogenated alkanes) is 1. The van der Waals surface area contributed by atoms with Gasteiger partial charge in [-0.25, -0.2) is 8.78 Å². The van der Waals surface area contributed by atoms with Crippen LogP contribution in [0, 0.1) is 11.6 Å². The van der Waals surface area contributed by atoms with Crippen molar-refractivity contribution in [3.05, 3.63) is 35.4 Å². The summed E-state index contributed by atoms with van der Waals surface area (Å²) in [7, 11) is 0. The molecule has 0 saturated carbocycles. The van der Waals surface area contributed by atoms with E-state index in [-0.39, 0.29) is 11.6 Å². The first-order valence-corrected chi connectivity index (χ1v) is 6.35. The van der Waals surface area contributed by atoms with E-state index in [0.29, 0.717) is 6.42 Å². The van der Waals surface area contributed by atoms with Gasteiger partial charge in [0.15, 0.2) is 0 Å². The highest BCUT2D eigenvalue weighted by molar-refractivity contribution is 5.20. The van der Waals surface area contributed by atoms with Gasteiger partial charge in [-0.05, 0) is 31.5 Å².